The maximum atomic E-state index is 12.2. The number of rotatable bonds is 5. The molecule has 0 spiro atoms. The summed E-state index contributed by atoms with van der Waals surface area (Å²) in [5, 5.41) is 16.0. The Bertz CT molecular complexity index is 1210. The first kappa shape index (κ1) is 18.5. The molecule has 4 rings (SSSR count). The lowest BCUT2D eigenvalue weighted by atomic mass is 10.1. The first-order chi connectivity index (χ1) is 14.0. The van der Waals surface area contributed by atoms with Crippen LogP contribution in [0.3, 0.4) is 0 Å². The fourth-order valence-electron chi connectivity index (χ4n) is 2.98. The van der Waals surface area contributed by atoms with Gasteiger partial charge in [-0.3, -0.25) is 0 Å². The van der Waals surface area contributed by atoms with Crippen molar-refractivity contribution in [3.8, 4) is 22.7 Å². The molecule has 4 aromatic rings. The van der Waals surface area contributed by atoms with Crippen molar-refractivity contribution in [1.82, 2.24) is 30.0 Å². The maximum Gasteiger partial charge on any atom is 0.368 e. The van der Waals surface area contributed by atoms with Crippen LogP contribution in [0.5, 0.6) is 5.75 Å². The minimum atomic E-state index is -0.308. The third-order valence-corrected chi connectivity index (χ3v) is 4.59. The van der Waals surface area contributed by atoms with Crippen molar-refractivity contribution < 1.29 is 4.74 Å². The zero-order chi connectivity index (χ0) is 20.4. The number of tetrazole rings is 1. The third kappa shape index (κ3) is 3.77. The van der Waals surface area contributed by atoms with Crippen LogP contribution >= 0.6 is 0 Å². The standard InChI is InChI=1S/C21H20N6O2/c1-14-12-16(18-10-8-15(2)22-23-18)9-11-20(14)29-13-17-6-4-5-7-19(17)27-21(28)26(3)24-25-27/h4-12H,13H2,1-3H3. The summed E-state index contributed by atoms with van der Waals surface area (Å²) in [6.45, 7) is 4.19. The van der Waals surface area contributed by atoms with Crippen LogP contribution in [-0.4, -0.2) is 30.0 Å². The molecule has 0 N–H and O–H groups in total. The van der Waals surface area contributed by atoms with Gasteiger partial charge in [-0.2, -0.15) is 19.6 Å². The van der Waals surface area contributed by atoms with Crippen LogP contribution in [0.4, 0.5) is 0 Å². The van der Waals surface area contributed by atoms with Crippen molar-refractivity contribution in [3.63, 3.8) is 0 Å². The molecule has 8 nitrogen and oxygen atoms in total. The molecule has 0 amide bonds. The summed E-state index contributed by atoms with van der Waals surface area (Å²) in [6.07, 6.45) is 0. The molecule has 0 aliphatic carbocycles. The van der Waals surface area contributed by atoms with Crippen LogP contribution in [0.1, 0.15) is 16.8 Å². The second-order valence-electron chi connectivity index (χ2n) is 6.75. The number of ether oxygens (including phenoxy) is 1. The van der Waals surface area contributed by atoms with Gasteiger partial charge in [0, 0.05) is 18.2 Å². The molecule has 0 aliphatic heterocycles. The van der Waals surface area contributed by atoms with E-state index < -0.39 is 0 Å². The van der Waals surface area contributed by atoms with Gasteiger partial charge in [-0.25, -0.2) is 4.79 Å². The number of benzene rings is 2. The first-order valence-corrected chi connectivity index (χ1v) is 9.14. The quantitative estimate of drug-likeness (QED) is 0.522. The van der Waals surface area contributed by atoms with Gasteiger partial charge in [-0.05, 0) is 66.2 Å². The Balaban J connectivity index is 1.56. The van der Waals surface area contributed by atoms with Crippen LogP contribution in [0.15, 0.2) is 59.4 Å². The van der Waals surface area contributed by atoms with E-state index in [0.717, 1.165) is 33.8 Å². The molecule has 0 bridgehead atoms. The lowest BCUT2D eigenvalue weighted by Gasteiger charge is -2.13. The molecule has 0 saturated carbocycles. The van der Waals surface area contributed by atoms with Gasteiger partial charge in [0.1, 0.15) is 12.4 Å². The molecular weight excluding hydrogens is 368 g/mol. The second kappa shape index (κ2) is 7.67. The molecule has 2 aromatic heterocycles. The minimum absolute atomic E-state index is 0.295. The zero-order valence-corrected chi connectivity index (χ0v) is 16.4. The van der Waals surface area contributed by atoms with Crippen molar-refractivity contribution in [2.75, 3.05) is 0 Å². The summed E-state index contributed by atoms with van der Waals surface area (Å²) in [5.74, 6) is 0.759. The van der Waals surface area contributed by atoms with E-state index in [1.165, 1.54) is 9.36 Å². The Kier molecular flexibility index (Phi) is 4.90. The number of para-hydroxylation sites is 1. The third-order valence-electron chi connectivity index (χ3n) is 4.59. The highest BCUT2D eigenvalue weighted by Gasteiger charge is 2.12. The van der Waals surface area contributed by atoms with Crippen LogP contribution in [0, 0.1) is 13.8 Å². The normalized spacial score (nSPS) is 10.9. The largest absolute Gasteiger partial charge is 0.489 e. The monoisotopic (exact) mass is 388 g/mol. The molecule has 0 aliphatic rings. The van der Waals surface area contributed by atoms with Crippen LogP contribution < -0.4 is 10.4 Å². The van der Waals surface area contributed by atoms with Crippen LogP contribution in [-0.2, 0) is 13.7 Å². The highest BCUT2D eigenvalue weighted by molar-refractivity contribution is 5.61. The number of hydrogen-bond acceptors (Lipinski definition) is 6. The van der Waals surface area contributed by atoms with E-state index in [-0.39, 0.29) is 5.69 Å². The summed E-state index contributed by atoms with van der Waals surface area (Å²) in [6, 6.07) is 17.3. The van der Waals surface area contributed by atoms with E-state index in [0.29, 0.717) is 12.3 Å². The molecule has 8 heteroatoms. The minimum Gasteiger partial charge on any atom is -0.489 e. The average Bonchev–Trinajstić information content (AvgIpc) is 3.06. The molecule has 0 fully saturated rings. The predicted molar refractivity (Wildman–Crippen MR) is 108 cm³/mol. The second-order valence-corrected chi connectivity index (χ2v) is 6.75. The summed E-state index contributed by atoms with van der Waals surface area (Å²) >= 11 is 0. The van der Waals surface area contributed by atoms with Gasteiger partial charge in [0.15, 0.2) is 0 Å². The van der Waals surface area contributed by atoms with E-state index >= 15 is 0 Å². The number of nitrogens with zero attached hydrogens (tertiary/aromatic N) is 6. The number of aryl methyl sites for hydroxylation is 3. The van der Waals surface area contributed by atoms with Gasteiger partial charge < -0.3 is 4.74 Å². The Labute approximate surface area is 167 Å². The Morgan fingerprint density at radius 1 is 0.966 bits per heavy atom. The van der Waals surface area contributed by atoms with Crippen molar-refractivity contribution in [2.24, 2.45) is 7.05 Å². The summed E-state index contributed by atoms with van der Waals surface area (Å²) in [4.78, 5) is 12.2. The summed E-state index contributed by atoms with van der Waals surface area (Å²) < 4.78 is 8.49. The fraction of sp³-hybridized carbons (Fsp3) is 0.190. The molecule has 0 radical (unpaired) electrons. The van der Waals surface area contributed by atoms with Gasteiger partial charge in [-0.15, -0.1) is 0 Å². The molecule has 2 aromatic carbocycles. The lowest BCUT2D eigenvalue weighted by molar-refractivity contribution is 0.303. The highest BCUT2D eigenvalue weighted by Crippen LogP contribution is 2.26. The van der Waals surface area contributed by atoms with Crippen molar-refractivity contribution in [2.45, 2.75) is 20.5 Å². The van der Waals surface area contributed by atoms with Gasteiger partial charge >= 0.3 is 5.69 Å². The van der Waals surface area contributed by atoms with Crippen molar-refractivity contribution in [1.29, 1.82) is 0 Å². The predicted octanol–water partition coefficient (Wildman–Crippen LogP) is 2.62. The Morgan fingerprint density at radius 3 is 2.48 bits per heavy atom. The molecule has 2 heterocycles. The van der Waals surface area contributed by atoms with Gasteiger partial charge in [0.25, 0.3) is 0 Å². The fourth-order valence-corrected chi connectivity index (χ4v) is 2.98. The maximum absolute atomic E-state index is 12.2. The number of aromatic nitrogens is 6. The summed E-state index contributed by atoms with van der Waals surface area (Å²) in [5.41, 5.74) is 4.84. The molecule has 0 unspecified atom stereocenters. The van der Waals surface area contributed by atoms with Crippen molar-refractivity contribution in [3.05, 3.63) is 81.9 Å². The molecule has 0 atom stereocenters. The van der Waals surface area contributed by atoms with Crippen molar-refractivity contribution >= 4 is 0 Å². The van der Waals surface area contributed by atoms with Crippen LogP contribution in [0.2, 0.25) is 0 Å². The summed E-state index contributed by atoms with van der Waals surface area (Å²) in [7, 11) is 1.56. The molecular formula is C21H20N6O2. The Morgan fingerprint density at radius 2 is 1.79 bits per heavy atom. The van der Waals surface area contributed by atoms with E-state index in [1.807, 2.05) is 68.4 Å². The average molecular weight is 388 g/mol. The van der Waals surface area contributed by atoms with E-state index in [4.69, 9.17) is 4.74 Å². The Hall–Kier alpha value is -3.81. The SMILES string of the molecule is Cc1ccc(-c2ccc(OCc3ccccc3-n3nnn(C)c3=O)c(C)c2)nn1. The first-order valence-electron chi connectivity index (χ1n) is 9.14. The van der Waals surface area contributed by atoms with Gasteiger partial charge in [-0.1, -0.05) is 18.2 Å². The lowest BCUT2D eigenvalue weighted by Crippen LogP contribution is -2.23. The van der Waals surface area contributed by atoms with Gasteiger partial charge in [0.05, 0.1) is 17.1 Å². The van der Waals surface area contributed by atoms with Crippen LogP contribution in [0.25, 0.3) is 16.9 Å². The number of hydrogen-bond donors (Lipinski definition) is 0. The molecule has 29 heavy (non-hydrogen) atoms. The van der Waals surface area contributed by atoms with E-state index in [2.05, 4.69) is 20.6 Å². The van der Waals surface area contributed by atoms with E-state index in [1.54, 1.807) is 7.05 Å². The highest BCUT2D eigenvalue weighted by atomic mass is 16.5. The topological polar surface area (TPSA) is 87.7 Å². The van der Waals surface area contributed by atoms with E-state index in [9.17, 15) is 4.79 Å². The molecule has 146 valence electrons. The zero-order valence-electron chi connectivity index (χ0n) is 16.4. The molecule has 0 saturated heterocycles. The van der Waals surface area contributed by atoms with Gasteiger partial charge in [0.2, 0.25) is 0 Å². The smallest absolute Gasteiger partial charge is 0.368 e.